The zero-order valence-corrected chi connectivity index (χ0v) is 18.0. The Bertz CT molecular complexity index is 1360. The van der Waals surface area contributed by atoms with Gasteiger partial charge in [-0.05, 0) is 40.8 Å². The number of carbonyl (C=O) groups excluding carboxylic acids is 2. The molecule has 0 fully saturated rings. The van der Waals surface area contributed by atoms with Crippen molar-refractivity contribution in [1.82, 2.24) is 25.2 Å². The number of fused-ring (bicyclic) bond motifs is 1. The van der Waals surface area contributed by atoms with E-state index >= 15 is 0 Å². The lowest BCUT2D eigenvalue weighted by atomic mass is 10.1. The van der Waals surface area contributed by atoms with E-state index in [4.69, 9.17) is 5.73 Å². The van der Waals surface area contributed by atoms with Crippen molar-refractivity contribution in [2.75, 3.05) is 12.3 Å². The first kappa shape index (κ1) is 23.2. The number of anilines is 1. The summed E-state index contributed by atoms with van der Waals surface area (Å²) >= 11 is 1.14. The Morgan fingerprint density at radius 2 is 1.79 bits per heavy atom. The Balaban J connectivity index is 1.57. The van der Waals surface area contributed by atoms with Crippen LogP contribution in [0.4, 0.5) is 23.5 Å². The van der Waals surface area contributed by atoms with E-state index in [1.807, 2.05) is 5.32 Å². The van der Waals surface area contributed by atoms with Crippen LogP contribution in [-0.2, 0) is 6.54 Å². The van der Waals surface area contributed by atoms with E-state index in [0.717, 1.165) is 16.9 Å². The third kappa shape index (κ3) is 5.31. The highest BCUT2D eigenvalue weighted by atomic mass is 32.1. The van der Waals surface area contributed by atoms with Crippen LogP contribution in [0.25, 0.3) is 16.8 Å². The number of nitrogens with one attached hydrogen (secondary N) is 2. The normalized spacial score (nSPS) is 11.5. The molecule has 0 radical (unpaired) electrons. The Hall–Kier alpha value is -4.00. The molecule has 0 atom stereocenters. The number of hydrogen-bond acceptors (Lipinski definition) is 6. The number of carbonyl (C=O) groups is 2. The summed E-state index contributed by atoms with van der Waals surface area (Å²) in [7, 11) is 0. The molecule has 0 unspecified atom stereocenters. The minimum atomic E-state index is -4.58. The minimum Gasteiger partial charge on any atom is -0.366 e. The number of amides is 2. The van der Waals surface area contributed by atoms with E-state index in [0.29, 0.717) is 16.0 Å². The number of hydrogen-bond donors (Lipinski definition) is 3. The molecule has 8 nitrogen and oxygen atoms in total. The summed E-state index contributed by atoms with van der Waals surface area (Å²) in [5, 5.41) is 10.1. The van der Waals surface area contributed by atoms with Crippen LogP contribution in [0.2, 0.25) is 0 Å². The van der Waals surface area contributed by atoms with Gasteiger partial charge in [0.05, 0.1) is 10.4 Å². The van der Waals surface area contributed by atoms with Gasteiger partial charge in [0.1, 0.15) is 12.4 Å². The first-order valence-corrected chi connectivity index (χ1v) is 10.6. The number of nitrogen functional groups attached to an aromatic ring is 1. The molecule has 0 saturated heterocycles. The lowest BCUT2D eigenvalue weighted by Gasteiger charge is -2.10. The van der Waals surface area contributed by atoms with Crippen molar-refractivity contribution < 1.29 is 27.2 Å². The maximum absolute atomic E-state index is 13.0. The predicted octanol–water partition coefficient (Wildman–Crippen LogP) is 3.40. The molecule has 4 aromatic rings. The van der Waals surface area contributed by atoms with E-state index in [9.17, 15) is 27.2 Å². The van der Waals surface area contributed by atoms with E-state index in [2.05, 4.69) is 15.4 Å². The largest absolute Gasteiger partial charge is 0.405 e. The number of aromatic nitrogens is 3. The lowest BCUT2D eigenvalue weighted by molar-refractivity contribution is -0.123. The second-order valence-corrected chi connectivity index (χ2v) is 8.10. The molecule has 3 heterocycles. The Kier molecular flexibility index (Phi) is 6.20. The van der Waals surface area contributed by atoms with Crippen LogP contribution in [-0.4, -0.2) is 39.1 Å². The van der Waals surface area contributed by atoms with Gasteiger partial charge in [0.25, 0.3) is 11.8 Å². The van der Waals surface area contributed by atoms with Gasteiger partial charge in [-0.15, -0.1) is 16.4 Å². The number of benzene rings is 1. The lowest BCUT2D eigenvalue weighted by Crippen LogP contribution is -2.34. The van der Waals surface area contributed by atoms with Gasteiger partial charge in [-0.3, -0.25) is 9.59 Å². The molecule has 1 aromatic carbocycles. The van der Waals surface area contributed by atoms with E-state index in [-0.39, 0.29) is 35.4 Å². The van der Waals surface area contributed by atoms with Crippen molar-refractivity contribution in [2.24, 2.45) is 0 Å². The maximum Gasteiger partial charge on any atom is 0.405 e. The third-order valence-corrected chi connectivity index (χ3v) is 5.60. The molecule has 3 aromatic heterocycles. The highest BCUT2D eigenvalue weighted by Crippen LogP contribution is 2.28. The average molecular weight is 492 g/mol. The van der Waals surface area contributed by atoms with Gasteiger partial charge in [-0.25, -0.2) is 8.91 Å². The summed E-state index contributed by atoms with van der Waals surface area (Å²) in [6.07, 6.45) is -3.08. The van der Waals surface area contributed by atoms with Gasteiger partial charge in [0.15, 0.2) is 5.65 Å². The van der Waals surface area contributed by atoms with Crippen molar-refractivity contribution in [1.29, 1.82) is 0 Å². The van der Waals surface area contributed by atoms with Gasteiger partial charge < -0.3 is 16.4 Å². The topological polar surface area (TPSA) is 114 Å². The molecular weight excluding hydrogens is 476 g/mol. The van der Waals surface area contributed by atoms with Crippen LogP contribution in [0.15, 0.2) is 48.0 Å². The number of nitrogens with two attached hydrogens (primary N) is 1. The molecule has 4 N–H and O–H groups in total. The van der Waals surface area contributed by atoms with Gasteiger partial charge in [0.2, 0.25) is 5.95 Å². The summed E-state index contributed by atoms with van der Waals surface area (Å²) < 4.78 is 51.8. The van der Waals surface area contributed by atoms with Crippen molar-refractivity contribution in [3.63, 3.8) is 0 Å². The van der Waals surface area contributed by atoms with Crippen molar-refractivity contribution in [2.45, 2.75) is 12.7 Å². The first-order valence-electron chi connectivity index (χ1n) is 9.71. The Morgan fingerprint density at radius 3 is 2.50 bits per heavy atom. The molecule has 0 aliphatic heterocycles. The Morgan fingerprint density at radius 1 is 1.06 bits per heavy atom. The van der Waals surface area contributed by atoms with Crippen LogP contribution in [0.3, 0.4) is 0 Å². The molecule has 0 aliphatic carbocycles. The van der Waals surface area contributed by atoms with E-state index in [1.165, 1.54) is 28.9 Å². The monoisotopic (exact) mass is 492 g/mol. The number of pyridine rings is 1. The number of halogens is 4. The molecule has 0 spiro atoms. The number of nitrogens with zero attached hydrogens (tertiary/aromatic N) is 3. The smallest absolute Gasteiger partial charge is 0.366 e. The van der Waals surface area contributed by atoms with E-state index < -0.39 is 18.6 Å². The highest BCUT2D eigenvalue weighted by Gasteiger charge is 2.29. The van der Waals surface area contributed by atoms with Gasteiger partial charge in [-0.2, -0.15) is 18.2 Å². The number of thiophene rings is 1. The second kappa shape index (κ2) is 9.09. The Labute approximate surface area is 193 Å². The molecule has 2 amide bonds. The molecule has 0 aliphatic rings. The zero-order valence-electron chi connectivity index (χ0n) is 17.2. The predicted molar refractivity (Wildman–Crippen MR) is 117 cm³/mol. The maximum atomic E-state index is 13.0. The summed E-state index contributed by atoms with van der Waals surface area (Å²) in [4.78, 5) is 29.2. The van der Waals surface area contributed by atoms with Crippen molar-refractivity contribution in [3.8, 4) is 11.1 Å². The second-order valence-electron chi connectivity index (χ2n) is 7.19. The average Bonchev–Trinajstić information content (AvgIpc) is 3.42. The zero-order chi connectivity index (χ0) is 24.5. The highest BCUT2D eigenvalue weighted by molar-refractivity contribution is 7.12. The quantitative estimate of drug-likeness (QED) is 0.357. The first-order chi connectivity index (χ1) is 16.1. The molecule has 0 bridgehead atoms. The van der Waals surface area contributed by atoms with Gasteiger partial charge in [0, 0.05) is 18.3 Å². The van der Waals surface area contributed by atoms with Gasteiger partial charge in [-0.1, -0.05) is 12.1 Å². The molecule has 4 rings (SSSR count). The van der Waals surface area contributed by atoms with Crippen molar-refractivity contribution >= 4 is 34.7 Å². The van der Waals surface area contributed by atoms with Crippen LogP contribution in [0.5, 0.6) is 0 Å². The van der Waals surface area contributed by atoms with Crippen LogP contribution in [0, 0.1) is 5.82 Å². The summed E-state index contributed by atoms with van der Waals surface area (Å²) in [6.45, 7) is -1.32. The van der Waals surface area contributed by atoms with Crippen LogP contribution < -0.4 is 16.4 Å². The van der Waals surface area contributed by atoms with Crippen LogP contribution in [0.1, 0.15) is 25.6 Å². The summed E-state index contributed by atoms with van der Waals surface area (Å²) in [5.41, 5.74) is 7.12. The van der Waals surface area contributed by atoms with Gasteiger partial charge >= 0.3 is 6.18 Å². The van der Waals surface area contributed by atoms with E-state index in [1.54, 1.807) is 23.6 Å². The fraction of sp³-hybridized carbons (Fsp3) is 0.143. The fourth-order valence-electron chi connectivity index (χ4n) is 3.08. The van der Waals surface area contributed by atoms with Crippen molar-refractivity contribution in [3.05, 3.63) is 69.8 Å². The SMILES string of the molecule is Nc1nc2c(C(=O)NCC(F)(F)F)cc(-c3csc(C(=O)NCc4ccc(F)cc4)c3)cn2n1. The fourth-order valence-corrected chi connectivity index (χ4v) is 3.91. The molecular formula is C21H16F4N6O2S. The summed E-state index contributed by atoms with van der Waals surface area (Å²) in [6, 6.07) is 8.63. The third-order valence-electron chi connectivity index (χ3n) is 4.67. The standard InChI is InChI=1S/C21H16F4N6O2S/c22-14-3-1-11(2-4-14)7-27-19(33)16-6-13(9-34-16)12-5-15(18(32)28-10-21(23,24)25)17-29-20(26)30-31(17)8-12/h1-6,8-9H,7,10H2,(H2,26,30)(H,27,33)(H,28,32). The van der Waals surface area contributed by atoms with Crippen LogP contribution >= 0.6 is 11.3 Å². The number of alkyl halides is 3. The number of rotatable bonds is 6. The molecule has 34 heavy (non-hydrogen) atoms. The molecule has 0 saturated carbocycles. The summed E-state index contributed by atoms with van der Waals surface area (Å²) in [5.74, 6) is -1.90. The minimum absolute atomic E-state index is 0.00609. The molecule has 176 valence electrons. The molecule has 13 heteroatoms.